The van der Waals surface area contributed by atoms with Gasteiger partial charge in [-0.25, -0.2) is 0 Å². The molecule has 2 amide bonds. The molecule has 1 heterocycles. The molecule has 0 unspecified atom stereocenters. The Morgan fingerprint density at radius 2 is 2.16 bits per heavy atom. The summed E-state index contributed by atoms with van der Waals surface area (Å²) < 4.78 is 0. The Labute approximate surface area is 114 Å². The van der Waals surface area contributed by atoms with Gasteiger partial charge in [0.15, 0.2) is 0 Å². The molecule has 0 radical (unpaired) electrons. The number of hydrogen-bond donors (Lipinski definition) is 1. The predicted molar refractivity (Wildman–Crippen MR) is 73.2 cm³/mol. The molecule has 0 aromatic carbocycles. The van der Waals surface area contributed by atoms with Crippen LogP contribution in [0.2, 0.25) is 0 Å². The van der Waals surface area contributed by atoms with Gasteiger partial charge in [-0.3, -0.25) is 14.6 Å². The SMILES string of the molecule is CCCCNC(=O)CN(Cc1ccccn1)C(C)=O. The van der Waals surface area contributed by atoms with Gasteiger partial charge in [0, 0.05) is 19.7 Å². The Kier molecular flexibility index (Phi) is 6.57. The van der Waals surface area contributed by atoms with E-state index in [4.69, 9.17) is 0 Å². The highest BCUT2D eigenvalue weighted by Crippen LogP contribution is 2.01. The number of nitrogens with one attached hydrogen (secondary N) is 1. The molecule has 104 valence electrons. The van der Waals surface area contributed by atoms with Crippen molar-refractivity contribution in [3.63, 3.8) is 0 Å². The molecule has 0 bridgehead atoms. The van der Waals surface area contributed by atoms with Gasteiger partial charge < -0.3 is 10.2 Å². The molecule has 1 aromatic rings. The van der Waals surface area contributed by atoms with Gasteiger partial charge in [0.25, 0.3) is 0 Å². The first kappa shape index (κ1) is 15.1. The quantitative estimate of drug-likeness (QED) is 0.755. The van der Waals surface area contributed by atoms with E-state index in [1.54, 1.807) is 6.20 Å². The summed E-state index contributed by atoms with van der Waals surface area (Å²) in [7, 11) is 0. The molecule has 0 atom stereocenters. The molecule has 0 spiro atoms. The first-order chi connectivity index (χ1) is 9.13. The molecule has 5 heteroatoms. The molecule has 1 aromatic heterocycles. The fraction of sp³-hybridized carbons (Fsp3) is 0.500. The van der Waals surface area contributed by atoms with Crippen molar-refractivity contribution in [2.24, 2.45) is 0 Å². The highest BCUT2D eigenvalue weighted by Gasteiger charge is 2.14. The zero-order chi connectivity index (χ0) is 14.1. The lowest BCUT2D eigenvalue weighted by Crippen LogP contribution is -2.39. The van der Waals surface area contributed by atoms with Crippen molar-refractivity contribution in [2.75, 3.05) is 13.1 Å². The molecule has 0 saturated heterocycles. The highest BCUT2D eigenvalue weighted by molar-refractivity contribution is 5.83. The van der Waals surface area contributed by atoms with E-state index in [2.05, 4.69) is 17.2 Å². The number of pyridine rings is 1. The van der Waals surface area contributed by atoms with Gasteiger partial charge in [0.2, 0.25) is 11.8 Å². The van der Waals surface area contributed by atoms with Crippen LogP contribution in [0, 0.1) is 0 Å². The molecule has 0 aliphatic heterocycles. The maximum absolute atomic E-state index is 11.7. The average molecular weight is 263 g/mol. The lowest BCUT2D eigenvalue weighted by Gasteiger charge is -2.20. The zero-order valence-corrected chi connectivity index (χ0v) is 11.6. The topological polar surface area (TPSA) is 62.3 Å². The summed E-state index contributed by atoms with van der Waals surface area (Å²) in [5.74, 6) is -0.254. The van der Waals surface area contributed by atoms with E-state index in [0.29, 0.717) is 13.1 Å². The van der Waals surface area contributed by atoms with Gasteiger partial charge in [-0.1, -0.05) is 19.4 Å². The molecule has 19 heavy (non-hydrogen) atoms. The van der Waals surface area contributed by atoms with Crippen molar-refractivity contribution < 1.29 is 9.59 Å². The molecular formula is C14H21N3O2. The fourth-order valence-corrected chi connectivity index (χ4v) is 1.60. The molecule has 0 saturated carbocycles. The zero-order valence-electron chi connectivity index (χ0n) is 11.6. The summed E-state index contributed by atoms with van der Waals surface area (Å²) in [6.07, 6.45) is 3.66. The van der Waals surface area contributed by atoms with E-state index in [1.165, 1.54) is 11.8 Å². The van der Waals surface area contributed by atoms with Crippen LogP contribution in [0.1, 0.15) is 32.4 Å². The molecule has 0 aliphatic carbocycles. The van der Waals surface area contributed by atoms with Crippen LogP contribution in [0.4, 0.5) is 0 Å². The Morgan fingerprint density at radius 1 is 1.37 bits per heavy atom. The number of carbonyl (C=O) groups is 2. The van der Waals surface area contributed by atoms with Gasteiger partial charge >= 0.3 is 0 Å². The van der Waals surface area contributed by atoms with Gasteiger partial charge in [0.1, 0.15) is 0 Å². The average Bonchev–Trinajstić information content (AvgIpc) is 2.39. The second-order valence-electron chi connectivity index (χ2n) is 4.40. The van der Waals surface area contributed by atoms with Crippen molar-refractivity contribution in [3.8, 4) is 0 Å². The van der Waals surface area contributed by atoms with Crippen LogP contribution < -0.4 is 5.32 Å². The van der Waals surface area contributed by atoms with Crippen LogP contribution >= 0.6 is 0 Å². The van der Waals surface area contributed by atoms with E-state index < -0.39 is 0 Å². The van der Waals surface area contributed by atoms with Crippen molar-refractivity contribution in [1.82, 2.24) is 15.2 Å². The van der Waals surface area contributed by atoms with E-state index >= 15 is 0 Å². The number of carbonyl (C=O) groups excluding carboxylic acids is 2. The molecule has 0 fully saturated rings. The summed E-state index contributed by atoms with van der Waals surface area (Å²) in [6, 6.07) is 5.52. The van der Waals surface area contributed by atoms with Crippen LogP contribution in [-0.2, 0) is 16.1 Å². The third kappa shape index (κ3) is 5.99. The highest BCUT2D eigenvalue weighted by atomic mass is 16.2. The second-order valence-corrected chi connectivity index (χ2v) is 4.40. The molecule has 1 rings (SSSR count). The summed E-state index contributed by atoms with van der Waals surface area (Å²) in [6.45, 7) is 4.62. The number of aromatic nitrogens is 1. The lowest BCUT2D eigenvalue weighted by atomic mass is 10.3. The van der Waals surface area contributed by atoms with Crippen LogP contribution in [0.25, 0.3) is 0 Å². The Hall–Kier alpha value is -1.91. The van der Waals surface area contributed by atoms with Gasteiger partial charge in [-0.05, 0) is 18.6 Å². The molecule has 1 N–H and O–H groups in total. The van der Waals surface area contributed by atoms with Crippen LogP contribution in [-0.4, -0.2) is 34.8 Å². The van der Waals surface area contributed by atoms with E-state index in [-0.39, 0.29) is 18.4 Å². The predicted octanol–water partition coefficient (Wildman–Crippen LogP) is 1.35. The molecule has 0 aliphatic rings. The van der Waals surface area contributed by atoms with E-state index in [1.807, 2.05) is 18.2 Å². The Balaban J connectivity index is 2.49. The van der Waals surface area contributed by atoms with Gasteiger partial charge in [-0.15, -0.1) is 0 Å². The minimum absolute atomic E-state index is 0.0790. The number of amides is 2. The number of unbranched alkanes of at least 4 members (excludes halogenated alkanes) is 1. The van der Waals surface area contributed by atoms with E-state index in [9.17, 15) is 9.59 Å². The van der Waals surface area contributed by atoms with Gasteiger partial charge in [-0.2, -0.15) is 0 Å². The number of hydrogen-bond acceptors (Lipinski definition) is 3. The van der Waals surface area contributed by atoms with E-state index in [0.717, 1.165) is 18.5 Å². The minimum atomic E-state index is -0.128. The van der Waals surface area contributed by atoms with Gasteiger partial charge in [0.05, 0.1) is 18.8 Å². The first-order valence-electron chi connectivity index (χ1n) is 6.55. The number of rotatable bonds is 7. The van der Waals surface area contributed by atoms with Crippen LogP contribution in [0.5, 0.6) is 0 Å². The number of nitrogens with zero attached hydrogens (tertiary/aromatic N) is 2. The summed E-state index contributed by atoms with van der Waals surface area (Å²) >= 11 is 0. The molecule has 5 nitrogen and oxygen atoms in total. The fourth-order valence-electron chi connectivity index (χ4n) is 1.60. The summed E-state index contributed by atoms with van der Waals surface area (Å²) in [5.41, 5.74) is 0.777. The van der Waals surface area contributed by atoms with Crippen molar-refractivity contribution in [2.45, 2.75) is 33.2 Å². The first-order valence-corrected chi connectivity index (χ1v) is 6.55. The van der Waals surface area contributed by atoms with Crippen molar-refractivity contribution in [3.05, 3.63) is 30.1 Å². The minimum Gasteiger partial charge on any atom is -0.355 e. The van der Waals surface area contributed by atoms with Crippen molar-refractivity contribution >= 4 is 11.8 Å². The standard InChI is InChI=1S/C14H21N3O2/c1-3-4-8-16-14(19)11-17(12(2)18)10-13-7-5-6-9-15-13/h5-7,9H,3-4,8,10-11H2,1-2H3,(H,16,19). The maximum atomic E-state index is 11.7. The normalized spacial score (nSPS) is 10.0. The van der Waals surface area contributed by atoms with Crippen molar-refractivity contribution in [1.29, 1.82) is 0 Å². The lowest BCUT2D eigenvalue weighted by molar-refractivity contribution is -0.134. The summed E-state index contributed by atoms with van der Waals surface area (Å²) in [5, 5.41) is 2.80. The Bertz CT molecular complexity index is 406. The third-order valence-electron chi connectivity index (χ3n) is 2.71. The smallest absolute Gasteiger partial charge is 0.239 e. The molecular weight excluding hydrogens is 242 g/mol. The van der Waals surface area contributed by atoms with Crippen LogP contribution in [0.3, 0.4) is 0 Å². The maximum Gasteiger partial charge on any atom is 0.239 e. The van der Waals surface area contributed by atoms with Crippen LogP contribution in [0.15, 0.2) is 24.4 Å². The third-order valence-corrected chi connectivity index (χ3v) is 2.71. The second kappa shape index (κ2) is 8.24. The summed E-state index contributed by atoms with van der Waals surface area (Å²) in [4.78, 5) is 28.9. The largest absolute Gasteiger partial charge is 0.355 e. The Morgan fingerprint density at radius 3 is 2.74 bits per heavy atom. The monoisotopic (exact) mass is 263 g/mol.